The molecule has 0 aromatic carbocycles. The van der Waals surface area contributed by atoms with E-state index in [9.17, 15) is 0 Å². The maximum Gasteiger partial charge on any atom is 0.0703 e. The lowest BCUT2D eigenvalue weighted by Crippen LogP contribution is -2.53. The second-order valence-corrected chi connectivity index (χ2v) is 6.53. The van der Waals surface area contributed by atoms with Crippen LogP contribution < -0.4 is 0 Å². The van der Waals surface area contributed by atoms with Crippen LogP contribution in [0.25, 0.3) is 0 Å². The number of hydrogen-bond donors (Lipinski definition) is 0. The van der Waals surface area contributed by atoms with E-state index < -0.39 is 0 Å². The zero-order valence-corrected chi connectivity index (χ0v) is 13.4. The molecule has 1 rings (SSSR count). The Hall–Kier alpha value is -0.160. The zero-order valence-electron chi connectivity index (χ0n) is 13.4. The second kappa shape index (κ2) is 8.20. The van der Waals surface area contributed by atoms with Gasteiger partial charge in [0, 0.05) is 38.3 Å². The van der Waals surface area contributed by atoms with E-state index in [-0.39, 0.29) is 0 Å². The summed E-state index contributed by atoms with van der Waals surface area (Å²) < 4.78 is 11.0. The van der Waals surface area contributed by atoms with E-state index in [0.717, 1.165) is 26.2 Å². The largest absolute Gasteiger partial charge is 0.378 e. The van der Waals surface area contributed by atoms with Crippen molar-refractivity contribution in [1.82, 2.24) is 9.80 Å². The summed E-state index contributed by atoms with van der Waals surface area (Å²) in [4.78, 5) is 5.05. The molecule has 0 bridgehead atoms. The van der Waals surface area contributed by atoms with Crippen LogP contribution in [0.15, 0.2) is 0 Å². The number of nitrogens with zero attached hydrogens (tertiary/aromatic N) is 2. The van der Waals surface area contributed by atoms with Gasteiger partial charge in [-0.2, -0.15) is 0 Å². The molecule has 0 aromatic heterocycles. The standard InChI is InChI=1S/C15H32N2O2/c1-14(2)19-13-12-18-11-10-16-6-8-17(9-7-16)15(3,4)5/h14H,6-13H2,1-5H3. The van der Waals surface area contributed by atoms with E-state index >= 15 is 0 Å². The fraction of sp³-hybridized carbons (Fsp3) is 1.00. The van der Waals surface area contributed by atoms with E-state index in [1.807, 2.05) is 0 Å². The molecule has 1 fully saturated rings. The molecule has 4 heteroatoms. The molecule has 0 radical (unpaired) electrons. The van der Waals surface area contributed by atoms with Gasteiger partial charge in [-0.05, 0) is 34.6 Å². The molecule has 0 atom stereocenters. The highest BCUT2D eigenvalue weighted by Gasteiger charge is 2.25. The number of piperazine rings is 1. The molecule has 19 heavy (non-hydrogen) atoms. The average Bonchev–Trinajstić information content (AvgIpc) is 2.32. The minimum absolute atomic E-state index is 0.300. The minimum Gasteiger partial charge on any atom is -0.378 e. The molecule has 1 aliphatic rings. The molecule has 114 valence electrons. The fourth-order valence-corrected chi connectivity index (χ4v) is 2.28. The van der Waals surface area contributed by atoms with E-state index in [1.54, 1.807) is 0 Å². The van der Waals surface area contributed by atoms with Gasteiger partial charge in [0.25, 0.3) is 0 Å². The molecule has 1 saturated heterocycles. The van der Waals surface area contributed by atoms with Crippen LogP contribution in [0.3, 0.4) is 0 Å². The highest BCUT2D eigenvalue weighted by molar-refractivity contribution is 4.81. The van der Waals surface area contributed by atoms with Crippen LogP contribution in [0.2, 0.25) is 0 Å². The van der Waals surface area contributed by atoms with Crippen molar-refractivity contribution in [3.63, 3.8) is 0 Å². The van der Waals surface area contributed by atoms with Crippen LogP contribution >= 0.6 is 0 Å². The van der Waals surface area contributed by atoms with Gasteiger partial charge in [0.1, 0.15) is 0 Å². The van der Waals surface area contributed by atoms with Crippen molar-refractivity contribution in [1.29, 1.82) is 0 Å². The summed E-state index contributed by atoms with van der Waals surface area (Å²) in [6.07, 6.45) is 0.300. The predicted octanol–water partition coefficient (Wildman–Crippen LogP) is 1.84. The first-order valence-electron chi connectivity index (χ1n) is 7.56. The first kappa shape index (κ1) is 16.9. The molecule has 1 heterocycles. The quantitative estimate of drug-likeness (QED) is 0.660. The maximum absolute atomic E-state index is 5.60. The monoisotopic (exact) mass is 272 g/mol. The van der Waals surface area contributed by atoms with E-state index in [2.05, 4.69) is 44.4 Å². The molecule has 0 N–H and O–H groups in total. The maximum atomic E-state index is 5.60. The predicted molar refractivity (Wildman–Crippen MR) is 79.7 cm³/mol. The summed E-state index contributed by atoms with van der Waals surface area (Å²) in [6, 6.07) is 0. The van der Waals surface area contributed by atoms with Crippen LogP contribution in [0.1, 0.15) is 34.6 Å². The lowest BCUT2D eigenvalue weighted by Gasteiger charge is -2.42. The van der Waals surface area contributed by atoms with E-state index in [4.69, 9.17) is 9.47 Å². The number of rotatable bonds is 7. The molecule has 4 nitrogen and oxygen atoms in total. The molecular weight excluding hydrogens is 240 g/mol. The highest BCUT2D eigenvalue weighted by atomic mass is 16.5. The lowest BCUT2D eigenvalue weighted by molar-refractivity contribution is 0.00557. The van der Waals surface area contributed by atoms with Crippen molar-refractivity contribution in [2.24, 2.45) is 0 Å². The Morgan fingerprint density at radius 2 is 1.58 bits per heavy atom. The zero-order chi connectivity index (χ0) is 14.3. The van der Waals surface area contributed by atoms with Crippen LogP contribution in [-0.4, -0.2) is 74.0 Å². The topological polar surface area (TPSA) is 24.9 Å². The van der Waals surface area contributed by atoms with Crippen LogP contribution in [0.4, 0.5) is 0 Å². The second-order valence-electron chi connectivity index (χ2n) is 6.53. The summed E-state index contributed by atoms with van der Waals surface area (Å²) in [5, 5.41) is 0. The number of ether oxygens (including phenoxy) is 2. The van der Waals surface area contributed by atoms with Gasteiger partial charge in [0.15, 0.2) is 0 Å². The van der Waals surface area contributed by atoms with Gasteiger partial charge in [-0.25, -0.2) is 0 Å². The molecule has 0 saturated carbocycles. The molecular formula is C15H32N2O2. The molecule has 0 amide bonds. The van der Waals surface area contributed by atoms with E-state index in [1.165, 1.54) is 13.1 Å². The third-order valence-electron chi connectivity index (χ3n) is 3.55. The van der Waals surface area contributed by atoms with Crippen molar-refractivity contribution >= 4 is 0 Å². The van der Waals surface area contributed by atoms with Crippen molar-refractivity contribution in [3.05, 3.63) is 0 Å². The molecule has 0 aromatic rings. The Morgan fingerprint density at radius 1 is 0.947 bits per heavy atom. The number of hydrogen-bond acceptors (Lipinski definition) is 4. The Bertz CT molecular complexity index is 231. The van der Waals surface area contributed by atoms with Crippen LogP contribution in [-0.2, 0) is 9.47 Å². The van der Waals surface area contributed by atoms with Gasteiger partial charge < -0.3 is 9.47 Å². The van der Waals surface area contributed by atoms with E-state index in [0.29, 0.717) is 24.9 Å². The summed E-state index contributed by atoms with van der Waals surface area (Å²) in [7, 11) is 0. The summed E-state index contributed by atoms with van der Waals surface area (Å²) in [5.41, 5.74) is 0.302. The highest BCUT2D eigenvalue weighted by Crippen LogP contribution is 2.15. The molecule has 0 unspecified atom stereocenters. The van der Waals surface area contributed by atoms with Gasteiger partial charge in [-0.3, -0.25) is 9.80 Å². The van der Waals surface area contributed by atoms with Gasteiger partial charge in [0.05, 0.1) is 25.9 Å². The fourth-order valence-electron chi connectivity index (χ4n) is 2.28. The summed E-state index contributed by atoms with van der Waals surface area (Å²) in [5.74, 6) is 0. The Labute approximate surface area is 119 Å². The normalized spacial score (nSPS) is 19.3. The summed E-state index contributed by atoms with van der Waals surface area (Å²) >= 11 is 0. The third-order valence-corrected chi connectivity index (χ3v) is 3.55. The molecule has 1 aliphatic heterocycles. The first-order valence-corrected chi connectivity index (χ1v) is 7.56. The van der Waals surface area contributed by atoms with Crippen molar-refractivity contribution in [3.8, 4) is 0 Å². The Kier molecular flexibility index (Phi) is 7.29. The van der Waals surface area contributed by atoms with Crippen LogP contribution in [0, 0.1) is 0 Å². The third kappa shape index (κ3) is 7.25. The first-order chi connectivity index (χ1) is 8.89. The smallest absolute Gasteiger partial charge is 0.0703 e. The van der Waals surface area contributed by atoms with Gasteiger partial charge in [-0.15, -0.1) is 0 Å². The van der Waals surface area contributed by atoms with Crippen molar-refractivity contribution in [2.75, 3.05) is 52.5 Å². The SMILES string of the molecule is CC(C)OCCOCCN1CCN(C(C)(C)C)CC1. The lowest BCUT2D eigenvalue weighted by atomic mass is 10.1. The van der Waals surface area contributed by atoms with Gasteiger partial charge >= 0.3 is 0 Å². The average molecular weight is 272 g/mol. The molecule has 0 spiro atoms. The summed E-state index contributed by atoms with van der Waals surface area (Å²) in [6.45, 7) is 18.9. The van der Waals surface area contributed by atoms with Crippen molar-refractivity contribution in [2.45, 2.75) is 46.3 Å². The Morgan fingerprint density at radius 3 is 2.11 bits per heavy atom. The van der Waals surface area contributed by atoms with Gasteiger partial charge in [0.2, 0.25) is 0 Å². The molecule has 0 aliphatic carbocycles. The van der Waals surface area contributed by atoms with Crippen LogP contribution in [0.5, 0.6) is 0 Å². The minimum atomic E-state index is 0.300. The Balaban J connectivity index is 2.01. The van der Waals surface area contributed by atoms with Gasteiger partial charge in [-0.1, -0.05) is 0 Å². The van der Waals surface area contributed by atoms with Crippen molar-refractivity contribution < 1.29 is 9.47 Å².